The van der Waals surface area contributed by atoms with Crippen LogP contribution in [0, 0.1) is 6.92 Å². The number of amides is 1. The van der Waals surface area contributed by atoms with Gasteiger partial charge in [-0.2, -0.15) is 0 Å². The van der Waals surface area contributed by atoms with Gasteiger partial charge in [0.25, 0.3) is 5.91 Å². The zero-order valence-corrected chi connectivity index (χ0v) is 11.4. The third kappa shape index (κ3) is 2.35. The monoisotopic (exact) mass is 246 g/mol. The zero-order chi connectivity index (χ0) is 13.3. The van der Waals surface area contributed by atoms with Crippen LogP contribution in [0.25, 0.3) is 0 Å². The van der Waals surface area contributed by atoms with Gasteiger partial charge in [0.05, 0.1) is 0 Å². The van der Waals surface area contributed by atoms with Crippen LogP contribution >= 0.6 is 0 Å². The van der Waals surface area contributed by atoms with Crippen molar-refractivity contribution >= 4 is 11.6 Å². The number of nitrogens with two attached hydrogens (primary N) is 1. The van der Waals surface area contributed by atoms with E-state index in [9.17, 15) is 4.79 Å². The van der Waals surface area contributed by atoms with Gasteiger partial charge in [-0.1, -0.05) is 6.07 Å². The lowest BCUT2D eigenvalue weighted by molar-refractivity contribution is 0.0511. The second-order valence-electron chi connectivity index (χ2n) is 5.41. The lowest BCUT2D eigenvalue weighted by Gasteiger charge is -2.39. The van der Waals surface area contributed by atoms with Crippen molar-refractivity contribution in [1.82, 2.24) is 4.90 Å². The smallest absolute Gasteiger partial charge is 0.254 e. The number of likely N-dealkylation sites (tertiary alicyclic amines) is 1. The van der Waals surface area contributed by atoms with Gasteiger partial charge in [0.2, 0.25) is 0 Å². The molecule has 1 saturated heterocycles. The Morgan fingerprint density at radius 3 is 2.44 bits per heavy atom. The normalized spacial score (nSPS) is 24.1. The van der Waals surface area contributed by atoms with Crippen molar-refractivity contribution in [2.24, 2.45) is 0 Å². The minimum Gasteiger partial charge on any atom is -0.398 e. The molecule has 1 aromatic carbocycles. The van der Waals surface area contributed by atoms with E-state index in [0.717, 1.165) is 18.4 Å². The summed E-state index contributed by atoms with van der Waals surface area (Å²) >= 11 is 0. The summed E-state index contributed by atoms with van der Waals surface area (Å²) in [5, 5.41) is 0. The molecule has 2 atom stereocenters. The first-order chi connectivity index (χ1) is 8.50. The lowest BCUT2D eigenvalue weighted by Crippen LogP contribution is -2.47. The highest BCUT2D eigenvalue weighted by Gasteiger charge is 2.29. The van der Waals surface area contributed by atoms with E-state index in [0.29, 0.717) is 23.3 Å². The van der Waals surface area contributed by atoms with Gasteiger partial charge in [0.15, 0.2) is 0 Å². The number of rotatable bonds is 1. The van der Waals surface area contributed by atoms with Gasteiger partial charge in [-0.3, -0.25) is 4.79 Å². The van der Waals surface area contributed by atoms with E-state index < -0.39 is 0 Å². The molecule has 1 aromatic rings. The topological polar surface area (TPSA) is 46.3 Å². The maximum absolute atomic E-state index is 12.6. The number of nitrogen functional groups attached to an aromatic ring is 1. The van der Waals surface area contributed by atoms with Gasteiger partial charge >= 0.3 is 0 Å². The van der Waals surface area contributed by atoms with Crippen molar-refractivity contribution in [1.29, 1.82) is 0 Å². The van der Waals surface area contributed by atoms with E-state index in [2.05, 4.69) is 13.8 Å². The molecule has 18 heavy (non-hydrogen) atoms. The van der Waals surface area contributed by atoms with E-state index in [1.165, 1.54) is 6.42 Å². The van der Waals surface area contributed by atoms with E-state index in [-0.39, 0.29) is 5.91 Å². The standard InChI is InChI=1S/C15H22N2O/c1-10-7-8-13(9-14(10)16)15(18)17-11(2)5-4-6-12(17)3/h7-9,11-12H,4-6,16H2,1-3H3/t11-,12+. The summed E-state index contributed by atoms with van der Waals surface area (Å²) < 4.78 is 0. The van der Waals surface area contributed by atoms with Crippen molar-refractivity contribution in [3.05, 3.63) is 29.3 Å². The molecule has 0 aliphatic carbocycles. The fourth-order valence-corrected chi connectivity index (χ4v) is 2.74. The summed E-state index contributed by atoms with van der Waals surface area (Å²) in [4.78, 5) is 14.6. The molecular formula is C15H22N2O. The molecule has 98 valence electrons. The molecule has 0 spiro atoms. The molecule has 2 N–H and O–H groups in total. The largest absolute Gasteiger partial charge is 0.398 e. The molecule has 0 bridgehead atoms. The molecule has 2 rings (SSSR count). The third-order valence-electron chi connectivity index (χ3n) is 3.95. The van der Waals surface area contributed by atoms with Crippen LogP contribution in [0.4, 0.5) is 5.69 Å². The van der Waals surface area contributed by atoms with Crippen LogP contribution in [-0.4, -0.2) is 22.9 Å². The minimum atomic E-state index is 0.112. The van der Waals surface area contributed by atoms with Gasteiger partial charge in [0.1, 0.15) is 0 Å². The van der Waals surface area contributed by atoms with E-state index in [1.807, 2.05) is 24.0 Å². The number of anilines is 1. The Labute approximate surface area is 109 Å². The molecule has 0 saturated carbocycles. The van der Waals surface area contributed by atoms with E-state index in [4.69, 9.17) is 5.73 Å². The van der Waals surface area contributed by atoms with Crippen LogP contribution in [-0.2, 0) is 0 Å². The van der Waals surface area contributed by atoms with Crippen LogP contribution in [0.2, 0.25) is 0 Å². The van der Waals surface area contributed by atoms with Crippen molar-refractivity contribution < 1.29 is 4.79 Å². The Bertz CT molecular complexity index is 446. The van der Waals surface area contributed by atoms with Crippen LogP contribution in [0.15, 0.2) is 18.2 Å². The maximum Gasteiger partial charge on any atom is 0.254 e. The fourth-order valence-electron chi connectivity index (χ4n) is 2.74. The third-order valence-corrected chi connectivity index (χ3v) is 3.95. The number of nitrogens with zero attached hydrogens (tertiary/aromatic N) is 1. The molecular weight excluding hydrogens is 224 g/mol. The van der Waals surface area contributed by atoms with Gasteiger partial charge in [-0.05, 0) is 57.7 Å². The highest BCUT2D eigenvalue weighted by atomic mass is 16.2. The van der Waals surface area contributed by atoms with Crippen molar-refractivity contribution in [2.75, 3.05) is 5.73 Å². The summed E-state index contributed by atoms with van der Waals surface area (Å²) in [5.74, 6) is 0.112. The Balaban J connectivity index is 2.26. The summed E-state index contributed by atoms with van der Waals surface area (Å²) in [7, 11) is 0. The number of hydrogen-bond acceptors (Lipinski definition) is 2. The molecule has 1 aliphatic heterocycles. The van der Waals surface area contributed by atoms with Crippen LogP contribution < -0.4 is 5.73 Å². The second kappa shape index (κ2) is 5.01. The van der Waals surface area contributed by atoms with Crippen LogP contribution in [0.1, 0.15) is 49.0 Å². The molecule has 1 fully saturated rings. The maximum atomic E-state index is 12.6. The lowest BCUT2D eigenvalue weighted by atomic mass is 9.96. The van der Waals surface area contributed by atoms with E-state index >= 15 is 0 Å². The number of carbonyl (C=O) groups is 1. The average Bonchev–Trinajstić information content (AvgIpc) is 2.32. The fraction of sp³-hybridized carbons (Fsp3) is 0.533. The highest BCUT2D eigenvalue weighted by Crippen LogP contribution is 2.25. The first-order valence-electron chi connectivity index (χ1n) is 6.69. The molecule has 0 unspecified atom stereocenters. The Morgan fingerprint density at radius 2 is 1.89 bits per heavy atom. The predicted molar refractivity (Wildman–Crippen MR) is 74.5 cm³/mol. The van der Waals surface area contributed by atoms with Crippen molar-refractivity contribution in [2.45, 2.75) is 52.1 Å². The van der Waals surface area contributed by atoms with Gasteiger partial charge < -0.3 is 10.6 Å². The Kier molecular flexibility index (Phi) is 3.60. The quantitative estimate of drug-likeness (QED) is 0.774. The number of carbonyl (C=O) groups excluding carboxylic acids is 1. The Hall–Kier alpha value is -1.51. The molecule has 1 aliphatic rings. The summed E-state index contributed by atoms with van der Waals surface area (Å²) in [5.41, 5.74) is 8.31. The summed E-state index contributed by atoms with van der Waals surface area (Å²) in [6.45, 7) is 6.21. The van der Waals surface area contributed by atoms with Crippen LogP contribution in [0.3, 0.4) is 0 Å². The minimum absolute atomic E-state index is 0.112. The highest BCUT2D eigenvalue weighted by molar-refractivity contribution is 5.95. The molecule has 0 aromatic heterocycles. The van der Waals surface area contributed by atoms with Crippen LogP contribution in [0.5, 0.6) is 0 Å². The Morgan fingerprint density at radius 1 is 1.28 bits per heavy atom. The molecule has 3 heteroatoms. The van der Waals surface area contributed by atoms with Crippen molar-refractivity contribution in [3.8, 4) is 0 Å². The molecule has 1 heterocycles. The van der Waals surface area contributed by atoms with Crippen molar-refractivity contribution in [3.63, 3.8) is 0 Å². The first-order valence-corrected chi connectivity index (χ1v) is 6.69. The summed E-state index contributed by atoms with van der Waals surface area (Å²) in [6.07, 6.45) is 3.40. The molecule has 3 nitrogen and oxygen atoms in total. The average molecular weight is 246 g/mol. The number of hydrogen-bond donors (Lipinski definition) is 1. The number of benzene rings is 1. The van der Waals surface area contributed by atoms with Gasteiger partial charge in [-0.25, -0.2) is 0 Å². The molecule has 0 radical (unpaired) electrons. The van der Waals surface area contributed by atoms with E-state index in [1.54, 1.807) is 6.07 Å². The molecule has 1 amide bonds. The number of aryl methyl sites for hydroxylation is 1. The number of piperidine rings is 1. The zero-order valence-electron chi connectivity index (χ0n) is 11.4. The summed E-state index contributed by atoms with van der Waals surface area (Å²) in [6, 6.07) is 6.24. The first kappa shape index (κ1) is 12.9. The van der Waals surface area contributed by atoms with Gasteiger partial charge in [0, 0.05) is 23.3 Å². The SMILES string of the molecule is Cc1ccc(C(=O)N2[C@H](C)CCC[C@@H]2C)cc1N. The predicted octanol–water partition coefficient (Wildman–Crippen LogP) is 2.98. The second-order valence-corrected chi connectivity index (χ2v) is 5.41. The van der Waals surface area contributed by atoms with Gasteiger partial charge in [-0.15, -0.1) is 0 Å².